The predicted octanol–water partition coefficient (Wildman–Crippen LogP) is 1.79. The molecule has 1 saturated heterocycles. The summed E-state index contributed by atoms with van der Waals surface area (Å²) in [4.78, 5) is 57.8. The van der Waals surface area contributed by atoms with Crippen molar-refractivity contribution in [3.05, 3.63) is 67.9 Å². The molecule has 0 spiro atoms. The van der Waals surface area contributed by atoms with Crippen molar-refractivity contribution in [1.29, 1.82) is 0 Å². The van der Waals surface area contributed by atoms with Crippen LogP contribution in [-0.4, -0.2) is 54.7 Å². The van der Waals surface area contributed by atoms with Crippen LogP contribution >= 0.6 is 12.4 Å². The molecule has 1 fully saturated rings. The van der Waals surface area contributed by atoms with Gasteiger partial charge in [-0.3, -0.25) is 18.7 Å². The first-order valence-corrected chi connectivity index (χ1v) is 11.8. The zero-order chi connectivity index (χ0) is 26.1. The number of piperidine rings is 1. The molecule has 3 aromatic rings. The van der Waals surface area contributed by atoms with Crippen LogP contribution in [0.3, 0.4) is 0 Å². The van der Waals surface area contributed by atoms with Crippen LogP contribution in [0.15, 0.2) is 45.5 Å². The van der Waals surface area contributed by atoms with E-state index in [-0.39, 0.29) is 40.7 Å². The van der Waals surface area contributed by atoms with Crippen LogP contribution in [0, 0.1) is 0 Å². The first kappa shape index (κ1) is 27.9. The van der Waals surface area contributed by atoms with E-state index in [2.05, 4.69) is 4.98 Å². The molecule has 1 aromatic carbocycles. The average Bonchev–Trinajstić information content (AvgIpc) is 3.23. The van der Waals surface area contributed by atoms with Crippen LogP contribution in [0.1, 0.15) is 47.4 Å². The fourth-order valence-corrected chi connectivity index (χ4v) is 4.44. The Morgan fingerprint density at radius 2 is 1.89 bits per heavy atom. The van der Waals surface area contributed by atoms with Crippen molar-refractivity contribution in [1.82, 2.24) is 18.7 Å². The molecule has 198 valence electrons. The number of carbonyl (C=O) groups excluding carboxylic acids is 1. The Labute approximate surface area is 219 Å². The van der Waals surface area contributed by atoms with Gasteiger partial charge in [0, 0.05) is 38.3 Å². The Balaban J connectivity index is 0.00000380. The molecule has 1 aliphatic rings. The van der Waals surface area contributed by atoms with Gasteiger partial charge in [0.1, 0.15) is 0 Å². The molecular formula is C25H31ClN6O5. The summed E-state index contributed by atoms with van der Waals surface area (Å²) >= 11 is 0. The third-order valence-corrected chi connectivity index (χ3v) is 6.37. The Morgan fingerprint density at radius 1 is 1.19 bits per heavy atom. The number of hydrogen-bond donors (Lipinski definition) is 2. The van der Waals surface area contributed by atoms with Gasteiger partial charge in [-0.2, -0.15) is 4.98 Å². The summed E-state index contributed by atoms with van der Waals surface area (Å²) in [7, 11) is 1.51. The highest BCUT2D eigenvalue weighted by atomic mass is 35.5. The lowest BCUT2D eigenvalue weighted by atomic mass is 10.1. The fraction of sp³-hybridized carbons (Fsp3) is 0.400. The number of fused-ring (bicyclic) bond motifs is 1. The van der Waals surface area contributed by atoms with Gasteiger partial charge < -0.3 is 20.3 Å². The highest BCUT2D eigenvalue weighted by Crippen LogP contribution is 2.23. The zero-order valence-corrected chi connectivity index (χ0v) is 21.8. The fourth-order valence-electron chi connectivity index (χ4n) is 4.44. The first-order chi connectivity index (χ1) is 17.1. The number of allylic oxidation sites excluding steroid dienone is 2. The number of ketones is 1. The smallest absolute Gasteiger partial charge is 0.335 e. The number of hydrogen-bond acceptors (Lipinski definition) is 7. The zero-order valence-electron chi connectivity index (χ0n) is 21.0. The van der Waals surface area contributed by atoms with Crippen molar-refractivity contribution in [3.63, 3.8) is 0 Å². The summed E-state index contributed by atoms with van der Waals surface area (Å²) in [6.07, 6.45) is 3.76. The highest BCUT2D eigenvalue weighted by Gasteiger charge is 2.26. The molecular weight excluding hydrogens is 500 g/mol. The number of carboxylic acid groups (broad SMARTS) is 1. The molecule has 0 radical (unpaired) electrons. The van der Waals surface area contributed by atoms with Crippen LogP contribution in [-0.2, 0) is 20.1 Å². The summed E-state index contributed by atoms with van der Waals surface area (Å²) in [6.45, 7) is 5.05. The number of benzene rings is 1. The van der Waals surface area contributed by atoms with E-state index in [9.17, 15) is 24.3 Å². The lowest BCUT2D eigenvalue weighted by Gasteiger charge is -2.31. The van der Waals surface area contributed by atoms with E-state index < -0.39 is 29.5 Å². The number of aromatic nitrogens is 4. The summed E-state index contributed by atoms with van der Waals surface area (Å²) in [5, 5.41) is 9.22. The molecule has 0 aliphatic carbocycles. The molecule has 2 aromatic heterocycles. The maximum Gasteiger partial charge on any atom is 0.335 e. The number of anilines is 1. The number of carboxylic acids is 1. The Hall–Kier alpha value is -3.70. The van der Waals surface area contributed by atoms with E-state index in [1.807, 2.05) is 24.8 Å². The first-order valence-electron chi connectivity index (χ1n) is 11.8. The number of Topliss-reactive ketones (excluding diaryl/α,β-unsaturated/α-hetero) is 1. The van der Waals surface area contributed by atoms with E-state index >= 15 is 0 Å². The standard InChI is InChI=1S/C25H30N6O5.ClH/c1-15(2)9-11-30-20-21(27-24(30)29-10-5-8-18(26)13-29)28(3)25(36)31(22(20)33)14-19(32)16-6-4-7-17(12-16)23(34)35;/h4,6-7,9,12,18H,5,8,10-11,13-14,26H2,1-3H3,(H,34,35);1H. The molecule has 0 bridgehead atoms. The van der Waals surface area contributed by atoms with Crippen LogP contribution in [0.2, 0.25) is 0 Å². The molecule has 1 unspecified atom stereocenters. The SMILES string of the molecule is CC(C)=CCn1c(N2CCCC(N)C2)nc2c1c(=O)n(CC(=O)c1cccc(C(=O)O)c1)c(=O)n2C.Cl. The highest BCUT2D eigenvalue weighted by molar-refractivity contribution is 5.98. The minimum atomic E-state index is -1.17. The van der Waals surface area contributed by atoms with Gasteiger partial charge in [-0.25, -0.2) is 9.59 Å². The maximum absolute atomic E-state index is 13.6. The van der Waals surface area contributed by atoms with Gasteiger partial charge >= 0.3 is 11.7 Å². The largest absolute Gasteiger partial charge is 0.478 e. The van der Waals surface area contributed by atoms with E-state index in [0.717, 1.165) is 29.5 Å². The molecule has 12 heteroatoms. The molecule has 1 atom stereocenters. The monoisotopic (exact) mass is 530 g/mol. The molecule has 3 heterocycles. The Morgan fingerprint density at radius 3 is 2.54 bits per heavy atom. The van der Waals surface area contributed by atoms with Crippen molar-refractivity contribution < 1.29 is 14.7 Å². The summed E-state index contributed by atoms with van der Waals surface area (Å²) < 4.78 is 3.92. The molecule has 0 saturated carbocycles. The summed E-state index contributed by atoms with van der Waals surface area (Å²) in [5.74, 6) is -1.16. The number of rotatable bonds is 7. The topological polar surface area (TPSA) is 145 Å². The van der Waals surface area contributed by atoms with Crippen molar-refractivity contribution in [2.45, 2.75) is 45.8 Å². The third-order valence-electron chi connectivity index (χ3n) is 6.37. The second-order valence-corrected chi connectivity index (χ2v) is 9.37. The maximum atomic E-state index is 13.6. The number of halogens is 1. The van der Waals surface area contributed by atoms with Crippen LogP contribution in [0.5, 0.6) is 0 Å². The minimum absolute atomic E-state index is 0. The van der Waals surface area contributed by atoms with Gasteiger partial charge in [-0.1, -0.05) is 23.8 Å². The molecule has 3 N–H and O–H groups in total. The summed E-state index contributed by atoms with van der Waals surface area (Å²) in [6, 6.07) is 5.49. The van der Waals surface area contributed by atoms with E-state index in [1.165, 1.54) is 35.9 Å². The number of carbonyl (C=O) groups is 2. The molecule has 11 nitrogen and oxygen atoms in total. The lowest BCUT2D eigenvalue weighted by Crippen LogP contribution is -2.44. The molecule has 37 heavy (non-hydrogen) atoms. The van der Waals surface area contributed by atoms with Crippen molar-refractivity contribution in [2.24, 2.45) is 12.8 Å². The number of aromatic carboxylic acids is 1. The average molecular weight is 531 g/mol. The molecule has 0 amide bonds. The number of nitrogens with zero attached hydrogens (tertiary/aromatic N) is 5. The number of nitrogens with two attached hydrogens (primary N) is 1. The molecule has 1 aliphatic heterocycles. The van der Waals surface area contributed by atoms with Gasteiger partial charge in [-0.15, -0.1) is 12.4 Å². The van der Waals surface area contributed by atoms with Gasteiger partial charge in [0.2, 0.25) is 5.95 Å². The number of imidazole rings is 1. The van der Waals surface area contributed by atoms with Gasteiger partial charge in [0.25, 0.3) is 5.56 Å². The summed E-state index contributed by atoms with van der Waals surface area (Å²) in [5.41, 5.74) is 6.44. The van der Waals surface area contributed by atoms with E-state index in [1.54, 1.807) is 4.57 Å². The quantitative estimate of drug-likeness (QED) is 0.347. The van der Waals surface area contributed by atoms with Crippen molar-refractivity contribution in [2.75, 3.05) is 18.0 Å². The van der Waals surface area contributed by atoms with Crippen LogP contribution < -0.4 is 21.9 Å². The Kier molecular flexibility index (Phi) is 8.39. The van der Waals surface area contributed by atoms with Gasteiger partial charge in [-0.05, 0) is 38.8 Å². The molecule has 4 rings (SSSR count). The Bertz CT molecular complexity index is 1500. The second-order valence-electron chi connectivity index (χ2n) is 9.37. The second kappa shape index (κ2) is 11.1. The predicted molar refractivity (Wildman–Crippen MR) is 143 cm³/mol. The van der Waals surface area contributed by atoms with Gasteiger partial charge in [0.05, 0.1) is 12.1 Å². The van der Waals surface area contributed by atoms with Crippen LogP contribution in [0.25, 0.3) is 11.2 Å². The van der Waals surface area contributed by atoms with Crippen LogP contribution in [0.4, 0.5) is 5.95 Å². The number of aryl methyl sites for hydroxylation is 1. The van der Waals surface area contributed by atoms with Crippen molar-refractivity contribution >= 4 is 41.3 Å². The van der Waals surface area contributed by atoms with E-state index in [0.29, 0.717) is 19.0 Å². The van der Waals surface area contributed by atoms with Crippen molar-refractivity contribution in [3.8, 4) is 0 Å². The lowest BCUT2D eigenvalue weighted by molar-refractivity contribution is 0.0697. The van der Waals surface area contributed by atoms with E-state index in [4.69, 9.17) is 5.73 Å². The third kappa shape index (κ3) is 5.52. The normalized spacial score (nSPS) is 15.4. The minimum Gasteiger partial charge on any atom is -0.478 e. The van der Waals surface area contributed by atoms with Gasteiger partial charge in [0.15, 0.2) is 16.9 Å².